The number of hydrogen-bond donors (Lipinski definition) is 1. The van der Waals surface area contributed by atoms with E-state index in [1.807, 2.05) is 12.1 Å². The van der Waals surface area contributed by atoms with Crippen molar-refractivity contribution in [2.24, 2.45) is 0 Å². The zero-order chi connectivity index (χ0) is 24.0. The van der Waals surface area contributed by atoms with Gasteiger partial charge in [0.1, 0.15) is 23.5 Å². The summed E-state index contributed by atoms with van der Waals surface area (Å²) < 4.78 is 33.4. The lowest BCUT2D eigenvalue weighted by Gasteiger charge is -2.23. The van der Waals surface area contributed by atoms with Crippen molar-refractivity contribution in [3.8, 4) is 5.75 Å². The van der Waals surface area contributed by atoms with Crippen LogP contribution in [-0.4, -0.2) is 41.9 Å². The van der Waals surface area contributed by atoms with E-state index in [4.69, 9.17) is 21.4 Å². The van der Waals surface area contributed by atoms with Gasteiger partial charge in [0.2, 0.25) is 0 Å². The molecule has 0 fully saturated rings. The van der Waals surface area contributed by atoms with Crippen molar-refractivity contribution in [2.45, 2.75) is 12.5 Å². The first kappa shape index (κ1) is 24.4. The summed E-state index contributed by atoms with van der Waals surface area (Å²) >= 11 is 5.99. The van der Waals surface area contributed by atoms with Crippen LogP contribution in [-0.2, 0) is 4.79 Å². The van der Waals surface area contributed by atoms with Crippen molar-refractivity contribution in [1.82, 2.24) is 4.90 Å². The van der Waals surface area contributed by atoms with E-state index in [2.05, 4.69) is 0 Å². The number of ether oxygens (including phenoxy) is 1. The van der Waals surface area contributed by atoms with Gasteiger partial charge in [-0.05, 0) is 49.0 Å². The van der Waals surface area contributed by atoms with Crippen LogP contribution in [0.4, 0.5) is 8.78 Å². The zero-order valence-electron chi connectivity index (χ0n) is 17.8. The Bertz CT molecular complexity index is 1140. The molecule has 172 valence electrons. The maximum Gasteiger partial charge on any atom is 0.317 e. The molecule has 1 N–H and O–H groups in total. The Morgan fingerprint density at radius 3 is 2.45 bits per heavy atom. The van der Waals surface area contributed by atoms with Gasteiger partial charge in [0.15, 0.2) is 5.78 Å². The van der Waals surface area contributed by atoms with Crippen molar-refractivity contribution in [2.75, 3.05) is 20.1 Å². The van der Waals surface area contributed by atoms with Crippen LogP contribution in [0.1, 0.15) is 34.0 Å². The van der Waals surface area contributed by atoms with E-state index in [1.165, 1.54) is 12.1 Å². The number of likely N-dealkylation sites (N-methyl/N-ethyl adjacent to an activating group) is 1. The van der Waals surface area contributed by atoms with Crippen LogP contribution >= 0.6 is 11.6 Å². The van der Waals surface area contributed by atoms with Gasteiger partial charge in [-0.15, -0.1) is 0 Å². The number of carbonyl (C=O) groups is 2. The number of nitrogens with zero attached hydrogens (tertiary/aromatic N) is 1. The molecule has 1 unspecified atom stereocenters. The zero-order valence-corrected chi connectivity index (χ0v) is 18.6. The van der Waals surface area contributed by atoms with E-state index < -0.39 is 29.5 Å². The summed E-state index contributed by atoms with van der Waals surface area (Å²) in [5, 5.41) is 9.54. The van der Waals surface area contributed by atoms with E-state index in [9.17, 15) is 18.4 Å². The molecule has 0 aliphatic heterocycles. The smallest absolute Gasteiger partial charge is 0.317 e. The third-order valence-electron chi connectivity index (χ3n) is 4.97. The van der Waals surface area contributed by atoms with Crippen LogP contribution in [0.5, 0.6) is 5.75 Å². The Hall–Kier alpha value is -3.29. The Balaban J connectivity index is 1.82. The lowest BCUT2D eigenvalue weighted by atomic mass is 10.0. The van der Waals surface area contributed by atoms with Crippen LogP contribution in [0.2, 0.25) is 5.02 Å². The summed E-state index contributed by atoms with van der Waals surface area (Å²) in [5.74, 6) is -2.85. The van der Waals surface area contributed by atoms with Crippen molar-refractivity contribution >= 4 is 23.4 Å². The average Bonchev–Trinajstić information content (AvgIpc) is 2.76. The van der Waals surface area contributed by atoms with Crippen LogP contribution in [0.15, 0.2) is 66.7 Å². The maximum atomic E-state index is 14.1. The summed E-state index contributed by atoms with van der Waals surface area (Å²) in [5.41, 5.74) is 0.776. The minimum Gasteiger partial charge on any atom is -0.486 e. The third kappa shape index (κ3) is 6.84. The number of carbonyl (C=O) groups excluding carboxylic acids is 1. The second kappa shape index (κ2) is 11.0. The predicted molar refractivity (Wildman–Crippen MR) is 121 cm³/mol. The third-order valence-corrected chi connectivity index (χ3v) is 5.22. The van der Waals surface area contributed by atoms with Crippen LogP contribution in [0.25, 0.3) is 0 Å². The number of hydrogen-bond acceptors (Lipinski definition) is 4. The van der Waals surface area contributed by atoms with Crippen LogP contribution in [0.3, 0.4) is 0 Å². The summed E-state index contributed by atoms with van der Waals surface area (Å²) in [6.07, 6.45) is 0.0160. The molecule has 0 aromatic heterocycles. The van der Waals surface area contributed by atoms with Crippen molar-refractivity contribution < 1.29 is 28.2 Å². The Labute approximate surface area is 195 Å². The number of carboxylic acid groups (broad SMARTS) is 1. The molecule has 5 nitrogen and oxygen atoms in total. The van der Waals surface area contributed by atoms with Crippen molar-refractivity contribution in [3.63, 3.8) is 0 Å². The number of ketones is 1. The first-order valence-corrected chi connectivity index (χ1v) is 10.5. The second-order valence-corrected chi connectivity index (χ2v) is 8.00. The Morgan fingerprint density at radius 2 is 1.79 bits per heavy atom. The highest BCUT2D eigenvalue weighted by molar-refractivity contribution is 6.30. The molecule has 3 aromatic rings. The van der Waals surface area contributed by atoms with E-state index in [0.717, 1.165) is 17.7 Å². The van der Waals surface area contributed by atoms with Crippen molar-refractivity contribution in [3.05, 3.63) is 100 Å². The topological polar surface area (TPSA) is 66.8 Å². The largest absolute Gasteiger partial charge is 0.486 e. The predicted octanol–water partition coefficient (Wildman–Crippen LogP) is 5.38. The van der Waals surface area contributed by atoms with Gasteiger partial charge in [0.25, 0.3) is 0 Å². The van der Waals surface area contributed by atoms with E-state index in [1.54, 1.807) is 36.2 Å². The number of benzene rings is 3. The summed E-state index contributed by atoms with van der Waals surface area (Å²) in [6, 6.07) is 16.2. The van der Waals surface area contributed by atoms with E-state index in [0.29, 0.717) is 29.8 Å². The number of aliphatic carboxylic acids is 1. The quantitative estimate of drug-likeness (QED) is 0.401. The maximum absolute atomic E-state index is 14.1. The van der Waals surface area contributed by atoms with Gasteiger partial charge < -0.3 is 9.84 Å². The number of halogens is 3. The highest BCUT2D eigenvalue weighted by Gasteiger charge is 2.18. The molecule has 0 saturated carbocycles. The molecule has 0 radical (unpaired) electrons. The summed E-state index contributed by atoms with van der Waals surface area (Å²) in [7, 11) is 1.70. The molecule has 0 spiro atoms. The highest BCUT2D eigenvalue weighted by atomic mass is 35.5. The monoisotopic (exact) mass is 473 g/mol. The number of rotatable bonds is 10. The molecular formula is C25H22ClF2NO4. The molecule has 0 amide bonds. The van der Waals surface area contributed by atoms with Crippen LogP contribution in [0, 0.1) is 11.6 Å². The van der Waals surface area contributed by atoms with Gasteiger partial charge in [-0.2, -0.15) is 0 Å². The Morgan fingerprint density at radius 1 is 1.06 bits per heavy atom. The fraction of sp³-hybridized carbons (Fsp3) is 0.200. The van der Waals surface area contributed by atoms with Gasteiger partial charge in [0.05, 0.1) is 12.1 Å². The van der Waals surface area contributed by atoms with Gasteiger partial charge >= 0.3 is 5.97 Å². The normalized spacial score (nSPS) is 11.9. The fourth-order valence-corrected chi connectivity index (χ4v) is 3.45. The lowest BCUT2D eigenvalue weighted by molar-refractivity contribution is -0.138. The average molecular weight is 474 g/mol. The van der Waals surface area contributed by atoms with Gasteiger partial charge in [-0.1, -0.05) is 35.9 Å². The summed E-state index contributed by atoms with van der Waals surface area (Å²) in [6.45, 7) is 0.333. The molecule has 33 heavy (non-hydrogen) atoms. The standard InChI is InChI=1S/C25H22ClF2NO4/c1-29(15-24(30)31)12-11-23(16-5-7-18(26)8-6-16)33-20-4-2-3-17(13-20)25(32)21-10-9-19(27)14-22(21)28/h2-10,13-14,23H,11-12,15H2,1H3,(H,30,31). The molecule has 3 rings (SSSR count). The van der Waals surface area contributed by atoms with Crippen LogP contribution < -0.4 is 4.74 Å². The van der Waals surface area contributed by atoms with Gasteiger partial charge in [-0.25, -0.2) is 8.78 Å². The molecule has 0 heterocycles. The first-order chi connectivity index (χ1) is 15.7. The summed E-state index contributed by atoms with van der Waals surface area (Å²) in [4.78, 5) is 25.4. The minimum absolute atomic E-state index is 0.111. The highest BCUT2D eigenvalue weighted by Crippen LogP contribution is 2.28. The number of carboxylic acids is 1. The fourth-order valence-electron chi connectivity index (χ4n) is 3.32. The lowest BCUT2D eigenvalue weighted by Crippen LogP contribution is -2.28. The Kier molecular flexibility index (Phi) is 8.14. The molecule has 0 aliphatic carbocycles. The molecule has 8 heteroatoms. The first-order valence-electron chi connectivity index (χ1n) is 10.1. The van der Waals surface area contributed by atoms with Gasteiger partial charge in [-0.3, -0.25) is 14.5 Å². The van der Waals surface area contributed by atoms with Crippen molar-refractivity contribution in [1.29, 1.82) is 0 Å². The molecular weight excluding hydrogens is 452 g/mol. The molecule has 3 aromatic carbocycles. The minimum atomic E-state index is -0.938. The second-order valence-electron chi connectivity index (χ2n) is 7.56. The SMILES string of the molecule is CN(CCC(Oc1cccc(C(=O)c2ccc(F)cc2F)c1)c1ccc(Cl)cc1)CC(=O)O. The van der Waals surface area contributed by atoms with Gasteiger partial charge in [0, 0.05) is 29.6 Å². The van der Waals surface area contributed by atoms with E-state index in [-0.39, 0.29) is 17.7 Å². The molecule has 0 saturated heterocycles. The molecule has 0 bridgehead atoms. The van der Waals surface area contributed by atoms with E-state index >= 15 is 0 Å². The molecule has 1 atom stereocenters. The molecule has 0 aliphatic rings.